The summed E-state index contributed by atoms with van der Waals surface area (Å²) in [6, 6.07) is 12.7. The Balaban J connectivity index is 1.60. The number of anilines is 1. The number of nitrogens with zero attached hydrogens (tertiary/aromatic N) is 1. The highest BCUT2D eigenvalue weighted by Gasteiger charge is 2.43. The molecular formula is C27H27N3O4S. The highest BCUT2D eigenvalue weighted by atomic mass is 32.1. The van der Waals surface area contributed by atoms with Gasteiger partial charge in [0.2, 0.25) is 0 Å². The number of phenols is 1. The Labute approximate surface area is 207 Å². The van der Waals surface area contributed by atoms with Crippen LogP contribution in [0.15, 0.2) is 65.0 Å². The van der Waals surface area contributed by atoms with E-state index in [1.807, 2.05) is 31.2 Å². The van der Waals surface area contributed by atoms with Gasteiger partial charge < -0.3 is 15.2 Å². The second-order valence-corrected chi connectivity index (χ2v) is 10.8. The van der Waals surface area contributed by atoms with Crippen molar-refractivity contribution >= 4 is 38.4 Å². The number of thiazole rings is 1. The molecule has 1 amide bonds. The third-order valence-corrected chi connectivity index (χ3v) is 7.49. The van der Waals surface area contributed by atoms with Crippen molar-refractivity contribution < 1.29 is 19.4 Å². The number of amides is 1. The molecule has 35 heavy (non-hydrogen) atoms. The summed E-state index contributed by atoms with van der Waals surface area (Å²) in [6.07, 6.45) is 1.09. The maximum Gasteiger partial charge on any atom is 0.256 e. The Hall–Kier alpha value is -3.65. The number of aromatic hydroxyl groups is 1. The number of allylic oxidation sites excluding steroid dienone is 3. The Bertz CT molecular complexity index is 1400. The molecule has 1 aromatic heterocycles. The molecule has 8 heteroatoms. The van der Waals surface area contributed by atoms with Gasteiger partial charge in [-0.05, 0) is 48.6 Å². The number of carbonyl (C=O) groups excluding carboxylic acids is 2. The van der Waals surface area contributed by atoms with E-state index in [-0.39, 0.29) is 28.6 Å². The summed E-state index contributed by atoms with van der Waals surface area (Å²) in [6.45, 7) is 6.00. The Morgan fingerprint density at radius 1 is 1.23 bits per heavy atom. The zero-order valence-electron chi connectivity index (χ0n) is 20.1. The summed E-state index contributed by atoms with van der Waals surface area (Å²) in [5.41, 5.74) is 3.91. The van der Waals surface area contributed by atoms with Gasteiger partial charge in [-0.2, -0.15) is 0 Å². The summed E-state index contributed by atoms with van der Waals surface area (Å²) >= 11 is 1.40. The predicted molar refractivity (Wildman–Crippen MR) is 137 cm³/mol. The molecule has 0 unspecified atom stereocenters. The lowest BCUT2D eigenvalue weighted by Gasteiger charge is -2.39. The number of ketones is 1. The average Bonchev–Trinajstić information content (AvgIpc) is 3.19. The largest absolute Gasteiger partial charge is 0.504 e. The zero-order chi connectivity index (χ0) is 24.9. The fraction of sp³-hybridized carbons (Fsp3) is 0.296. The second kappa shape index (κ2) is 8.53. The number of aromatic nitrogens is 1. The number of phenolic OH excluding ortho intramolecular Hbond substituents is 1. The van der Waals surface area contributed by atoms with Gasteiger partial charge in [0.15, 0.2) is 22.4 Å². The maximum atomic E-state index is 13.7. The first-order valence-corrected chi connectivity index (χ1v) is 12.3. The zero-order valence-corrected chi connectivity index (χ0v) is 20.9. The maximum absolute atomic E-state index is 13.7. The molecule has 1 aliphatic carbocycles. The van der Waals surface area contributed by atoms with Crippen LogP contribution in [0.4, 0.5) is 5.13 Å². The van der Waals surface area contributed by atoms with Crippen LogP contribution in [0.5, 0.6) is 11.5 Å². The lowest BCUT2D eigenvalue weighted by Crippen LogP contribution is -2.39. The summed E-state index contributed by atoms with van der Waals surface area (Å²) in [4.78, 5) is 31.7. The number of fused-ring (bicyclic) bond motifs is 1. The minimum atomic E-state index is -0.598. The Morgan fingerprint density at radius 3 is 2.74 bits per heavy atom. The molecule has 180 valence electrons. The van der Waals surface area contributed by atoms with Crippen LogP contribution in [0, 0.1) is 5.41 Å². The van der Waals surface area contributed by atoms with E-state index in [9.17, 15) is 14.7 Å². The molecule has 7 nitrogen and oxygen atoms in total. The lowest BCUT2D eigenvalue weighted by molar-refractivity contribution is -0.118. The number of hydrogen-bond donors (Lipinski definition) is 3. The van der Waals surface area contributed by atoms with Gasteiger partial charge in [-0.3, -0.25) is 14.9 Å². The second-order valence-electron chi connectivity index (χ2n) is 9.80. The van der Waals surface area contributed by atoms with E-state index >= 15 is 0 Å². The summed E-state index contributed by atoms with van der Waals surface area (Å²) in [5.74, 6) is -0.625. The fourth-order valence-electron chi connectivity index (χ4n) is 5.03. The summed E-state index contributed by atoms with van der Waals surface area (Å²) in [7, 11) is 1.47. The third kappa shape index (κ3) is 4.18. The van der Waals surface area contributed by atoms with Crippen molar-refractivity contribution in [2.45, 2.75) is 39.5 Å². The van der Waals surface area contributed by atoms with E-state index < -0.39 is 5.92 Å². The smallest absolute Gasteiger partial charge is 0.256 e. The molecule has 0 radical (unpaired) electrons. The normalized spacial score (nSPS) is 19.4. The molecule has 2 aromatic carbocycles. The van der Waals surface area contributed by atoms with Crippen LogP contribution in [0.25, 0.3) is 10.2 Å². The number of benzene rings is 2. The quantitative estimate of drug-likeness (QED) is 0.463. The van der Waals surface area contributed by atoms with E-state index in [0.29, 0.717) is 40.4 Å². The van der Waals surface area contributed by atoms with Gasteiger partial charge in [0.05, 0.1) is 17.3 Å². The molecular weight excluding hydrogens is 462 g/mol. The topological polar surface area (TPSA) is 101 Å². The number of dihydropyridines is 1. The molecule has 1 atom stereocenters. The Morgan fingerprint density at radius 2 is 2.00 bits per heavy atom. The van der Waals surface area contributed by atoms with Crippen LogP contribution < -0.4 is 15.4 Å². The van der Waals surface area contributed by atoms with Gasteiger partial charge in [-0.1, -0.05) is 43.4 Å². The molecule has 0 spiro atoms. The first-order valence-electron chi connectivity index (χ1n) is 11.4. The molecule has 1 aliphatic heterocycles. The summed E-state index contributed by atoms with van der Waals surface area (Å²) in [5, 5.41) is 17.0. The van der Waals surface area contributed by atoms with Crippen molar-refractivity contribution in [2.24, 2.45) is 5.41 Å². The van der Waals surface area contributed by atoms with E-state index in [0.717, 1.165) is 15.9 Å². The highest BCUT2D eigenvalue weighted by molar-refractivity contribution is 7.22. The number of rotatable bonds is 4. The van der Waals surface area contributed by atoms with Crippen LogP contribution in [-0.2, 0) is 9.59 Å². The minimum Gasteiger partial charge on any atom is -0.504 e. The highest BCUT2D eigenvalue weighted by Crippen LogP contribution is 2.47. The molecule has 0 fully saturated rings. The number of Topliss-reactive ketones (excluding diaryl/α,β-unsaturated/α-hetero) is 1. The molecule has 2 heterocycles. The molecule has 3 aromatic rings. The van der Waals surface area contributed by atoms with Crippen molar-refractivity contribution in [1.82, 2.24) is 10.3 Å². The monoisotopic (exact) mass is 489 g/mol. The van der Waals surface area contributed by atoms with Gasteiger partial charge in [0.1, 0.15) is 0 Å². The van der Waals surface area contributed by atoms with Gasteiger partial charge in [0.25, 0.3) is 5.91 Å². The molecule has 5 rings (SSSR count). The standard InChI is InChI=1S/C27H27N3O4S/c1-14-22(25(33)30-26-29-16-7-5-6-8-21(16)35-26)23(15-9-10-18(31)20(11-15)34-4)24-17(28-14)12-27(2,3)13-19(24)32/h5-11,23,28,31H,12-13H2,1-4H3,(H,29,30,33)/t23-/m0/s1. The van der Waals surface area contributed by atoms with Gasteiger partial charge >= 0.3 is 0 Å². The van der Waals surface area contributed by atoms with E-state index in [1.54, 1.807) is 12.1 Å². The predicted octanol–water partition coefficient (Wildman–Crippen LogP) is 5.25. The SMILES string of the molecule is COc1cc([C@H]2C(C(=O)Nc3nc4ccccc4s3)=C(C)NC3=C2C(=O)CC(C)(C)C3)ccc1O. The molecule has 0 saturated heterocycles. The van der Waals surface area contributed by atoms with Crippen LogP contribution in [0.3, 0.4) is 0 Å². The van der Waals surface area contributed by atoms with Crippen LogP contribution in [-0.4, -0.2) is 28.9 Å². The first kappa shape index (κ1) is 23.1. The Kier molecular flexibility index (Phi) is 5.63. The van der Waals surface area contributed by atoms with Crippen molar-refractivity contribution in [1.29, 1.82) is 0 Å². The first-order chi connectivity index (χ1) is 16.7. The summed E-state index contributed by atoms with van der Waals surface area (Å²) < 4.78 is 6.31. The van der Waals surface area contributed by atoms with Crippen molar-refractivity contribution in [3.8, 4) is 11.5 Å². The lowest BCUT2D eigenvalue weighted by atomic mass is 9.68. The molecule has 2 aliphatic rings. The van der Waals surface area contributed by atoms with Crippen LogP contribution in [0.1, 0.15) is 45.1 Å². The van der Waals surface area contributed by atoms with Crippen LogP contribution >= 0.6 is 11.3 Å². The molecule has 0 bridgehead atoms. The van der Waals surface area contributed by atoms with Crippen molar-refractivity contribution in [2.75, 3.05) is 12.4 Å². The van der Waals surface area contributed by atoms with Crippen molar-refractivity contribution in [3.63, 3.8) is 0 Å². The number of carbonyl (C=O) groups is 2. The fourth-order valence-corrected chi connectivity index (χ4v) is 5.90. The van der Waals surface area contributed by atoms with E-state index in [2.05, 4.69) is 29.5 Å². The van der Waals surface area contributed by atoms with Gasteiger partial charge in [-0.25, -0.2) is 4.98 Å². The van der Waals surface area contributed by atoms with E-state index in [1.165, 1.54) is 24.5 Å². The number of para-hydroxylation sites is 1. The average molecular weight is 490 g/mol. The number of ether oxygens (including phenoxy) is 1. The van der Waals surface area contributed by atoms with E-state index in [4.69, 9.17) is 4.74 Å². The van der Waals surface area contributed by atoms with Gasteiger partial charge in [-0.15, -0.1) is 0 Å². The van der Waals surface area contributed by atoms with Crippen molar-refractivity contribution in [3.05, 3.63) is 70.6 Å². The number of hydrogen-bond acceptors (Lipinski definition) is 7. The molecule has 3 N–H and O–H groups in total. The number of nitrogens with one attached hydrogen (secondary N) is 2. The van der Waals surface area contributed by atoms with Gasteiger partial charge in [0, 0.05) is 34.9 Å². The number of methoxy groups -OCH3 is 1. The van der Waals surface area contributed by atoms with Crippen LogP contribution in [0.2, 0.25) is 0 Å². The minimum absolute atomic E-state index is 0.00308. The molecule has 0 saturated carbocycles. The third-order valence-electron chi connectivity index (χ3n) is 6.54.